The van der Waals surface area contributed by atoms with Gasteiger partial charge < -0.3 is 4.90 Å². The SMILES string of the molecule is CC(C)CC(=O)N1C2CCC1CC(S(C)(=O)=O)C2. The Labute approximate surface area is 110 Å². The number of carbonyl (C=O) groups excluding carboxylic acids is 1. The Morgan fingerprint density at radius 1 is 1.22 bits per heavy atom. The van der Waals surface area contributed by atoms with E-state index in [0.717, 1.165) is 12.8 Å². The number of amides is 1. The number of carbonyl (C=O) groups is 1. The van der Waals surface area contributed by atoms with Gasteiger partial charge in [-0.05, 0) is 31.6 Å². The molecule has 18 heavy (non-hydrogen) atoms. The highest BCUT2D eigenvalue weighted by atomic mass is 32.2. The Morgan fingerprint density at radius 3 is 2.11 bits per heavy atom. The molecule has 0 N–H and O–H groups in total. The summed E-state index contributed by atoms with van der Waals surface area (Å²) in [7, 11) is -2.96. The third-order valence-corrected chi connectivity index (χ3v) is 5.76. The van der Waals surface area contributed by atoms with E-state index < -0.39 is 9.84 Å². The van der Waals surface area contributed by atoms with E-state index in [0.29, 0.717) is 25.2 Å². The molecule has 104 valence electrons. The molecule has 0 radical (unpaired) electrons. The molecule has 2 bridgehead atoms. The van der Waals surface area contributed by atoms with Crippen LogP contribution in [-0.2, 0) is 14.6 Å². The molecule has 0 aromatic heterocycles. The first-order valence-corrected chi connectivity index (χ1v) is 8.74. The molecule has 2 aliphatic rings. The predicted octanol–water partition coefficient (Wildman–Crippen LogP) is 1.60. The summed E-state index contributed by atoms with van der Waals surface area (Å²) in [6.45, 7) is 4.09. The van der Waals surface area contributed by atoms with E-state index in [2.05, 4.69) is 0 Å². The van der Waals surface area contributed by atoms with Gasteiger partial charge in [0.2, 0.25) is 5.91 Å². The normalized spacial score (nSPS) is 32.0. The highest BCUT2D eigenvalue weighted by molar-refractivity contribution is 7.91. The molecule has 0 spiro atoms. The van der Waals surface area contributed by atoms with Crippen molar-refractivity contribution in [3.05, 3.63) is 0 Å². The summed E-state index contributed by atoms with van der Waals surface area (Å²) in [5, 5.41) is -0.238. The topological polar surface area (TPSA) is 54.5 Å². The minimum atomic E-state index is -2.96. The summed E-state index contributed by atoms with van der Waals surface area (Å²) >= 11 is 0. The van der Waals surface area contributed by atoms with Crippen LogP contribution >= 0.6 is 0 Å². The number of fused-ring (bicyclic) bond motifs is 2. The van der Waals surface area contributed by atoms with E-state index in [1.165, 1.54) is 6.26 Å². The molecule has 2 fully saturated rings. The van der Waals surface area contributed by atoms with Crippen LogP contribution in [0.15, 0.2) is 0 Å². The minimum absolute atomic E-state index is 0.162. The maximum atomic E-state index is 12.2. The van der Waals surface area contributed by atoms with Crippen molar-refractivity contribution in [2.45, 2.75) is 63.3 Å². The Hall–Kier alpha value is -0.580. The fraction of sp³-hybridized carbons (Fsp3) is 0.923. The lowest BCUT2D eigenvalue weighted by atomic mass is 10.0. The number of hydrogen-bond donors (Lipinski definition) is 0. The van der Waals surface area contributed by atoms with E-state index in [4.69, 9.17) is 0 Å². The second-order valence-electron chi connectivity index (χ2n) is 6.21. The molecule has 2 atom stereocenters. The van der Waals surface area contributed by atoms with Gasteiger partial charge in [0.15, 0.2) is 0 Å². The lowest BCUT2D eigenvalue weighted by molar-refractivity contribution is -0.136. The molecule has 2 unspecified atom stereocenters. The van der Waals surface area contributed by atoms with Gasteiger partial charge in [-0.1, -0.05) is 13.8 Å². The van der Waals surface area contributed by atoms with Crippen molar-refractivity contribution in [2.24, 2.45) is 5.92 Å². The zero-order valence-corrected chi connectivity index (χ0v) is 12.2. The quantitative estimate of drug-likeness (QED) is 0.785. The lowest BCUT2D eigenvalue weighted by Crippen LogP contribution is -2.49. The Balaban J connectivity index is 2.09. The number of nitrogens with zero attached hydrogens (tertiary/aromatic N) is 1. The second kappa shape index (κ2) is 4.83. The van der Waals surface area contributed by atoms with Crippen molar-refractivity contribution >= 4 is 15.7 Å². The first kappa shape index (κ1) is 13.8. The van der Waals surface area contributed by atoms with Gasteiger partial charge in [0.1, 0.15) is 9.84 Å². The fourth-order valence-electron chi connectivity index (χ4n) is 3.34. The smallest absolute Gasteiger partial charge is 0.223 e. The van der Waals surface area contributed by atoms with Gasteiger partial charge in [-0.3, -0.25) is 4.79 Å². The van der Waals surface area contributed by atoms with Crippen LogP contribution in [0.25, 0.3) is 0 Å². The molecule has 2 aliphatic heterocycles. The van der Waals surface area contributed by atoms with Gasteiger partial charge in [0.05, 0.1) is 5.25 Å². The van der Waals surface area contributed by atoms with Crippen molar-refractivity contribution in [3.8, 4) is 0 Å². The molecule has 5 heteroatoms. The predicted molar refractivity (Wildman–Crippen MR) is 71.0 cm³/mol. The molecular weight excluding hydrogens is 250 g/mol. The molecular formula is C13H23NO3S. The monoisotopic (exact) mass is 273 g/mol. The van der Waals surface area contributed by atoms with E-state index >= 15 is 0 Å². The van der Waals surface area contributed by atoms with Crippen molar-refractivity contribution in [1.29, 1.82) is 0 Å². The second-order valence-corrected chi connectivity index (χ2v) is 8.53. The van der Waals surface area contributed by atoms with Gasteiger partial charge in [0, 0.05) is 24.8 Å². The van der Waals surface area contributed by atoms with Gasteiger partial charge in [-0.15, -0.1) is 0 Å². The zero-order valence-electron chi connectivity index (χ0n) is 11.4. The third kappa shape index (κ3) is 2.71. The third-order valence-electron chi connectivity index (χ3n) is 4.17. The molecule has 2 saturated heterocycles. The van der Waals surface area contributed by atoms with Crippen LogP contribution in [0.3, 0.4) is 0 Å². The van der Waals surface area contributed by atoms with Crippen LogP contribution in [0, 0.1) is 5.92 Å². The first-order valence-electron chi connectivity index (χ1n) is 6.79. The van der Waals surface area contributed by atoms with E-state index in [-0.39, 0.29) is 23.2 Å². The average molecular weight is 273 g/mol. The van der Waals surface area contributed by atoms with E-state index in [1.54, 1.807) is 0 Å². The molecule has 4 nitrogen and oxygen atoms in total. The van der Waals surface area contributed by atoms with Gasteiger partial charge >= 0.3 is 0 Å². The van der Waals surface area contributed by atoms with Crippen LogP contribution in [-0.4, -0.2) is 42.8 Å². The highest BCUT2D eigenvalue weighted by Gasteiger charge is 2.45. The van der Waals surface area contributed by atoms with Crippen LogP contribution in [0.1, 0.15) is 46.0 Å². The summed E-state index contributed by atoms with van der Waals surface area (Å²) < 4.78 is 23.3. The Morgan fingerprint density at radius 2 is 1.72 bits per heavy atom. The Kier molecular flexibility index (Phi) is 3.72. The van der Waals surface area contributed by atoms with Crippen molar-refractivity contribution in [3.63, 3.8) is 0 Å². The van der Waals surface area contributed by atoms with Gasteiger partial charge in [-0.25, -0.2) is 8.42 Å². The minimum Gasteiger partial charge on any atom is -0.337 e. The van der Waals surface area contributed by atoms with Crippen molar-refractivity contribution in [2.75, 3.05) is 6.26 Å². The largest absolute Gasteiger partial charge is 0.337 e. The average Bonchev–Trinajstić information content (AvgIpc) is 2.47. The van der Waals surface area contributed by atoms with Crippen molar-refractivity contribution < 1.29 is 13.2 Å². The maximum Gasteiger partial charge on any atom is 0.223 e. The van der Waals surface area contributed by atoms with Gasteiger partial charge in [0.25, 0.3) is 0 Å². The number of rotatable bonds is 3. The van der Waals surface area contributed by atoms with Crippen molar-refractivity contribution in [1.82, 2.24) is 4.90 Å². The summed E-state index contributed by atoms with van der Waals surface area (Å²) in [4.78, 5) is 14.2. The Bertz CT molecular complexity index is 416. The summed E-state index contributed by atoms with van der Waals surface area (Å²) in [6.07, 6.45) is 5.12. The summed E-state index contributed by atoms with van der Waals surface area (Å²) in [5.41, 5.74) is 0. The molecule has 0 aliphatic carbocycles. The molecule has 2 rings (SSSR count). The summed E-state index contributed by atoms with van der Waals surface area (Å²) in [6, 6.07) is 0.324. The zero-order chi connectivity index (χ0) is 13.5. The summed E-state index contributed by atoms with van der Waals surface area (Å²) in [5.74, 6) is 0.578. The van der Waals surface area contributed by atoms with Gasteiger partial charge in [-0.2, -0.15) is 0 Å². The maximum absolute atomic E-state index is 12.2. The number of piperidine rings is 1. The van der Waals surface area contributed by atoms with Crippen LogP contribution in [0.2, 0.25) is 0 Å². The molecule has 1 amide bonds. The standard InChI is InChI=1S/C13H23NO3S/c1-9(2)6-13(15)14-10-4-5-11(14)8-12(7-10)18(3,16)17/h9-12H,4-8H2,1-3H3. The molecule has 2 heterocycles. The van der Waals surface area contributed by atoms with E-state index in [9.17, 15) is 13.2 Å². The number of sulfone groups is 1. The van der Waals surface area contributed by atoms with E-state index in [1.807, 2.05) is 18.7 Å². The highest BCUT2D eigenvalue weighted by Crippen LogP contribution is 2.38. The number of hydrogen-bond acceptors (Lipinski definition) is 3. The lowest BCUT2D eigenvalue weighted by Gasteiger charge is -2.38. The first-order chi connectivity index (χ1) is 8.29. The molecule has 0 aromatic carbocycles. The molecule has 0 aromatic rings. The van der Waals surface area contributed by atoms with Crippen LogP contribution in [0.4, 0.5) is 0 Å². The molecule has 0 saturated carbocycles. The van der Waals surface area contributed by atoms with Crippen LogP contribution in [0.5, 0.6) is 0 Å². The fourth-order valence-corrected chi connectivity index (χ4v) is 4.48. The van der Waals surface area contributed by atoms with Crippen LogP contribution < -0.4 is 0 Å².